The number of alkyl halides is 3. The van der Waals surface area contributed by atoms with Gasteiger partial charge in [-0.05, 0) is 85.1 Å². The van der Waals surface area contributed by atoms with Crippen LogP contribution in [0.4, 0.5) is 23.7 Å². The molecule has 2 heterocycles. The highest BCUT2D eigenvalue weighted by atomic mass is 32.1. The number of hydrogen-bond donors (Lipinski definition) is 4. The number of hydrogen-bond acceptors (Lipinski definition) is 8. The van der Waals surface area contributed by atoms with Crippen LogP contribution < -0.4 is 25.5 Å². The van der Waals surface area contributed by atoms with E-state index in [0.717, 1.165) is 21.8 Å². The third kappa shape index (κ3) is 11.1. The number of rotatable bonds is 11. The number of urea groups is 1. The van der Waals surface area contributed by atoms with Crippen molar-refractivity contribution in [3.8, 4) is 5.75 Å². The number of thiazole rings is 1. The van der Waals surface area contributed by atoms with Crippen molar-refractivity contribution < 1.29 is 51.7 Å². The molecule has 16 heteroatoms. The first-order chi connectivity index (χ1) is 26.5. The van der Waals surface area contributed by atoms with E-state index in [1.54, 1.807) is 73.7 Å². The number of aryl methyl sites for hydroxylation is 1. The molecule has 0 aliphatic heterocycles. The lowest BCUT2D eigenvalue weighted by Gasteiger charge is -2.19. The first-order valence-electron chi connectivity index (χ1n) is 17.3. The van der Waals surface area contributed by atoms with Gasteiger partial charge in [-0.3, -0.25) is 4.79 Å². The summed E-state index contributed by atoms with van der Waals surface area (Å²) in [7, 11) is 0. The van der Waals surface area contributed by atoms with Crippen molar-refractivity contribution in [2.45, 2.75) is 58.6 Å². The van der Waals surface area contributed by atoms with Gasteiger partial charge in [0.2, 0.25) is 5.91 Å². The molecule has 0 spiro atoms. The van der Waals surface area contributed by atoms with E-state index in [0.29, 0.717) is 17.8 Å². The molecule has 56 heavy (non-hydrogen) atoms. The molecular formula is C40H38F3N5O7S. The number of carbonyl (C=O) groups is 4. The normalized spacial score (nSPS) is 11.8. The molecule has 0 unspecified atom stereocenters. The highest BCUT2D eigenvalue weighted by Gasteiger charge is 2.29. The van der Waals surface area contributed by atoms with Gasteiger partial charge in [0.15, 0.2) is 5.69 Å². The Kier molecular flexibility index (Phi) is 13.0. The number of ether oxygens (including phenoxy) is 1. The number of aliphatic carboxylic acids is 1. The van der Waals surface area contributed by atoms with E-state index in [1.807, 2.05) is 18.3 Å². The van der Waals surface area contributed by atoms with Crippen molar-refractivity contribution in [1.29, 1.82) is 0 Å². The summed E-state index contributed by atoms with van der Waals surface area (Å²) in [5, 5.41) is 29.5. The summed E-state index contributed by atoms with van der Waals surface area (Å²) in [5.74, 6) is -3.71. The minimum atomic E-state index is -5.19. The third-order valence-electron chi connectivity index (χ3n) is 8.21. The van der Waals surface area contributed by atoms with E-state index in [4.69, 9.17) is 14.6 Å². The zero-order chi connectivity index (χ0) is 40.6. The Morgan fingerprint density at radius 1 is 0.911 bits per heavy atom. The lowest BCUT2D eigenvalue weighted by Crippen LogP contribution is -2.49. The van der Waals surface area contributed by atoms with Crippen LogP contribution in [-0.4, -0.2) is 51.9 Å². The molecule has 4 aromatic carbocycles. The Morgan fingerprint density at radius 3 is 2.20 bits per heavy atom. The second-order valence-corrected chi connectivity index (χ2v) is 14.2. The van der Waals surface area contributed by atoms with Gasteiger partial charge in [-0.25, -0.2) is 14.2 Å². The molecule has 6 rings (SSSR count). The fourth-order valence-corrected chi connectivity index (χ4v) is 6.58. The largest absolute Gasteiger partial charge is 0.542 e. The standard InChI is InChI=1S/C38H37N5O5S.C2HF3O2/c1-24(2)48-36(46)29-12-14-31(15-13-29)40-37(47)41-34(19-26-9-16-33(44)17-10-26)35(45)39-20-32-23-42-21-25(3)49-38(42)43(32)22-27-8-11-28-6-4-5-7-30(28)18-27;3-2(4,5)1(6)7/h4-18,21,23-24,34H,19-20,22H2,1-3H3,(H3-,39,40,41,44,45,46,47);(H,6,7)/t34-;/m0./s1. The predicted molar refractivity (Wildman–Crippen MR) is 201 cm³/mol. The number of fused-ring (bicyclic) bond motifs is 2. The van der Waals surface area contributed by atoms with Gasteiger partial charge >= 0.3 is 23.1 Å². The van der Waals surface area contributed by atoms with Crippen molar-refractivity contribution in [2.75, 3.05) is 5.32 Å². The van der Waals surface area contributed by atoms with Gasteiger partial charge in [-0.15, -0.1) is 0 Å². The molecule has 6 aromatic rings. The Balaban J connectivity index is 0.000000784. The summed E-state index contributed by atoms with van der Waals surface area (Å²) < 4.78 is 41.1. The van der Waals surface area contributed by atoms with Crippen LogP contribution >= 0.6 is 11.3 Å². The Labute approximate surface area is 323 Å². The number of carboxylic acids is 1. The first kappa shape index (κ1) is 40.8. The van der Waals surface area contributed by atoms with Crippen molar-refractivity contribution in [3.63, 3.8) is 0 Å². The van der Waals surface area contributed by atoms with Crippen LogP contribution in [0, 0.1) is 6.92 Å². The molecule has 2 aromatic heterocycles. The lowest BCUT2D eigenvalue weighted by molar-refractivity contribution is -0.506. The SMILES string of the molecule is Cc1c[n+]2cc(CNC(=O)[C@H](Cc3ccc(O)cc3)NC(=O)Nc3ccc(C(=O)OC(C)C)cc3)n(Cc3ccc4ccccc4c3)c2s1.O=C([O-])C(F)(F)F. The Morgan fingerprint density at radius 2 is 1.55 bits per heavy atom. The van der Waals surface area contributed by atoms with Crippen LogP contribution in [0.2, 0.25) is 0 Å². The maximum atomic E-state index is 13.7. The zero-order valence-corrected chi connectivity index (χ0v) is 31.2. The van der Waals surface area contributed by atoms with E-state index < -0.39 is 30.2 Å². The fraction of sp³-hybridized carbons (Fsp3) is 0.225. The number of phenols is 1. The number of imidazole rings is 1. The van der Waals surface area contributed by atoms with E-state index in [2.05, 4.69) is 68.4 Å². The van der Waals surface area contributed by atoms with Crippen LogP contribution in [0.3, 0.4) is 0 Å². The second kappa shape index (κ2) is 17.8. The summed E-state index contributed by atoms with van der Waals surface area (Å²) in [6, 6.07) is 26.0. The molecule has 1 atom stereocenters. The molecule has 0 saturated heterocycles. The molecule has 0 radical (unpaired) electrons. The summed E-state index contributed by atoms with van der Waals surface area (Å²) in [6.07, 6.45) is -1.15. The smallest absolute Gasteiger partial charge is 0.430 e. The minimum absolute atomic E-state index is 0.107. The van der Waals surface area contributed by atoms with E-state index in [-0.39, 0.29) is 30.7 Å². The molecule has 0 saturated carbocycles. The summed E-state index contributed by atoms with van der Waals surface area (Å²) in [5.41, 5.74) is 3.63. The molecule has 0 bridgehead atoms. The lowest BCUT2D eigenvalue weighted by atomic mass is 10.0. The van der Waals surface area contributed by atoms with Gasteiger partial charge in [-0.1, -0.05) is 59.9 Å². The number of esters is 1. The van der Waals surface area contributed by atoms with Crippen LogP contribution in [0.15, 0.2) is 103 Å². The van der Waals surface area contributed by atoms with Crippen LogP contribution in [-0.2, 0) is 33.8 Å². The van der Waals surface area contributed by atoms with Crippen molar-refractivity contribution in [2.24, 2.45) is 0 Å². The monoisotopic (exact) mass is 789 g/mol. The number of nitrogens with zero attached hydrogens (tertiary/aromatic N) is 2. The molecule has 0 fully saturated rings. The first-order valence-corrected chi connectivity index (χ1v) is 18.1. The van der Waals surface area contributed by atoms with Crippen molar-refractivity contribution >= 4 is 56.6 Å². The van der Waals surface area contributed by atoms with E-state index in [9.17, 15) is 32.7 Å². The van der Waals surface area contributed by atoms with Gasteiger partial charge in [0.05, 0.1) is 18.2 Å². The van der Waals surface area contributed by atoms with Gasteiger partial charge < -0.3 is 35.7 Å². The number of carbonyl (C=O) groups excluding carboxylic acids is 4. The topological polar surface area (TPSA) is 166 Å². The van der Waals surface area contributed by atoms with Crippen LogP contribution in [0.5, 0.6) is 5.75 Å². The third-order valence-corrected chi connectivity index (χ3v) is 9.25. The number of phenolic OH excluding ortho intramolecular Hbond substituents is 1. The molecular weight excluding hydrogens is 752 g/mol. The predicted octanol–water partition coefficient (Wildman–Crippen LogP) is 5.42. The van der Waals surface area contributed by atoms with Gasteiger partial charge in [0.1, 0.15) is 36.7 Å². The van der Waals surface area contributed by atoms with Crippen molar-refractivity contribution in [1.82, 2.24) is 15.2 Å². The summed E-state index contributed by atoms with van der Waals surface area (Å²) in [4.78, 5) is 50.1. The number of nitrogens with one attached hydrogen (secondary N) is 3. The maximum Gasteiger partial charge on any atom is 0.430 e. The highest BCUT2D eigenvalue weighted by Crippen LogP contribution is 2.21. The van der Waals surface area contributed by atoms with Crippen LogP contribution in [0.25, 0.3) is 15.7 Å². The number of benzene rings is 4. The van der Waals surface area contributed by atoms with Gasteiger partial charge in [0, 0.05) is 17.0 Å². The number of carboxylic acid groups (broad SMARTS) is 1. The summed E-state index contributed by atoms with van der Waals surface area (Å²) in [6.45, 7) is 6.48. The van der Waals surface area contributed by atoms with Crippen molar-refractivity contribution in [3.05, 3.63) is 131 Å². The number of aromatic hydroxyl groups is 1. The average Bonchev–Trinajstić information content (AvgIpc) is 3.66. The highest BCUT2D eigenvalue weighted by molar-refractivity contribution is 7.16. The number of anilines is 1. The van der Waals surface area contributed by atoms with E-state index >= 15 is 0 Å². The quantitative estimate of drug-likeness (QED) is 0.101. The maximum absolute atomic E-state index is 13.7. The number of amides is 3. The van der Waals surface area contributed by atoms with E-state index in [1.165, 1.54) is 15.6 Å². The van der Waals surface area contributed by atoms with Crippen LogP contribution in [0.1, 0.15) is 45.9 Å². The summed E-state index contributed by atoms with van der Waals surface area (Å²) >= 11 is 1.68. The molecule has 0 aliphatic rings. The molecule has 3 amide bonds. The zero-order valence-electron chi connectivity index (χ0n) is 30.4. The molecule has 4 N–H and O–H groups in total. The second-order valence-electron chi connectivity index (χ2n) is 13.0. The molecule has 12 nitrogen and oxygen atoms in total. The minimum Gasteiger partial charge on any atom is -0.542 e. The average molecular weight is 790 g/mol. The number of aromatic nitrogens is 2. The Hall–Kier alpha value is -6.42. The fourth-order valence-electron chi connectivity index (χ4n) is 5.62. The number of halogens is 3. The van der Waals surface area contributed by atoms with Gasteiger partial charge in [-0.2, -0.15) is 17.6 Å². The molecule has 0 aliphatic carbocycles. The van der Waals surface area contributed by atoms with Gasteiger partial charge in [0.25, 0.3) is 0 Å². The Bertz CT molecular complexity index is 2340. The molecule has 292 valence electrons.